The summed E-state index contributed by atoms with van der Waals surface area (Å²) in [4.78, 5) is 26.2. The molecule has 0 saturated heterocycles. The van der Waals surface area contributed by atoms with Gasteiger partial charge in [0, 0.05) is 13.0 Å². The van der Waals surface area contributed by atoms with Crippen LogP contribution < -0.4 is 5.32 Å². The molecule has 0 saturated carbocycles. The fourth-order valence-corrected chi connectivity index (χ4v) is 2.42. The lowest BCUT2D eigenvalue weighted by Crippen LogP contribution is -2.33. The molecule has 2 aromatic heterocycles. The highest BCUT2D eigenvalue weighted by Gasteiger charge is 2.19. The summed E-state index contributed by atoms with van der Waals surface area (Å²) in [5.41, 5.74) is 0.488. The lowest BCUT2D eigenvalue weighted by atomic mass is 10.2. The van der Waals surface area contributed by atoms with Gasteiger partial charge in [-0.25, -0.2) is 4.39 Å². The van der Waals surface area contributed by atoms with E-state index in [0.717, 1.165) is 0 Å². The Morgan fingerprint density at radius 3 is 2.62 bits per heavy atom. The minimum Gasteiger partial charge on any atom is -0.472 e. The molecule has 0 spiro atoms. The number of anilines is 1. The third-order valence-electron chi connectivity index (χ3n) is 3.74. The van der Waals surface area contributed by atoms with Gasteiger partial charge in [0.05, 0.1) is 30.3 Å². The second-order valence-electron chi connectivity index (χ2n) is 5.60. The molecular weight excluding hydrogens is 339 g/mol. The van der Waals surface area contributed by atoms with Crippen molar-refractivity contribution in [3.05, 3.63) is 78.4 Å². The first-order chi connectivity index (χ1) is 12.6. The number of para-hydroxylation sites is 1. The van der Waals surface area contributed by atoms with Gasteiger partial charge in [0.2, 0.25) is 5.91 Å². The molecule has 6 nitrogen and oxygen atoms in total. The van der Waals surface area contributed by atoms with Gasteiger partial charge in [-0.3, -0.25) is 9.59 Å². The van der Waals surface area contributed by atoms with E-state index in [2.05, 4.69) is 5.32 Å². The van der Waals surface area contributed by atoms with Gasteiger partial charge in [-0.05, 0) is 30.3 Å². The largest absolute Gasteiger partial charge is 0.472 e. The standard InChI is InChI=1S/C19H17FN2O4/c20-16-5-1-2-6-17(16)21-18(23)7-9-22(12-15-4-3-10-26-15)19(24)14-8-11-25-13-14/h1-6,8,10-11,13H,7,9,12H2,(H,21,23). The molecule has 0 aliphatic rings. The molecule has 0 bridgehead atoms. The number of furan rings is 2. The molecule has 0 aliphatic heterocycles. The van der Waals surface area contributed by atoms with Gasteiger partial charge in [0.15, 0.2) is 0 Å². The fraction of sp³-hybridized carbons (Fsp3) is 0.158. The summed E-state index contributed by atoms with van der Waals surface area (Å²) < 4.78 is 23.8. The van der Waals surface area contributed by atoms with Crippen LogP contribution in [0.3, 0.4) is 0 Å². The molecule has 0 fully saturated rings. The van der Waals surface area contributed by atoms with E-state index in [1.165, 1.54) is 35.8 Å². The third-order valence-corrected chi connectivity index (χ3v) is 3.74. The second kappa shape index (κ2) is 8.15. The first-order valence-electron chi connectivity index (χ1n) is 8.02. The summed E-state index contributed by atoms with van der Waals surface area (Å²) in [7, 11) is 0. The second-order valence-corrected chi connectivity index (χ2v) is 5.60. The van der Waals surface area contributed by atoms with Crippen LogP contribution >= 0.6 is 0 Å². The number of nitrogens with one attached hydrogen (secondary N) is 1. The van der Waals surface area contributed by atoms with Crippen molar-refractivity contribution in [2.75, 3.05) is 11.9 Å². The highest BCUT2D eigenvalue weighted by atomic mass is 19.1. The van der Waals surface area contributed by atoms with Crippen LogP contribution in [0.1, 0.15) is 22.5 Å². The van der Waals surface area contributed by atoms with Crippen molar-refractivity contribution in [3.63, 3.8) is 0 Å². The van der Waals surface area contributed by atoms with E-state index in [9.17, 15) is 14.0 Å². The number of carbonyl (C=O) groups is 2. The van der Waals surface area contributed by atoms with Crippen molar-refractivity contribution in [1.29, 1.82) is 0 Å². The summed E-state index contributed by atoms with van der Waals surface area (Å²) >= 11 is 0. The predicted octanol–water partition coefficient (Wildman–Crippen LogP) is 3.68. The molecule has 26 heavy (non-hydrogen) atoms. The molecule has 0 aliphatic carbocycles. The number of halogens is 1. The number of hydrogen-bond acceptors (Lipinski definition) is 4. The Morgan fingerprint density at radius 1 is 1.08 bits per heavy atom. The zero-order valence-corrected chi connectivity index (χ0v) is 13.9. The molecule has 0 atom stereocenters. The van der Waals surface area contributed by atoms with Crippen molar-refractivity contribution in [3.8, 4) is 0 Å². The molecular formula is C19H17FN2O4. The number of rotatable bonds is 7. The number of carbonyl (C=O) groups excluding carboxylic acids is 2. The summed E-state index contributed by atoms with van der Waals surface area (Å²) in [5.74, 6) is -0.590. The predicted molar refractivity (Wildman–Crippen MR) is 91.8 cm³/mol. The lowest BCUT2D eigenvalue weighted by Gasteiger charge is -2.21. The van der Waals surface area contributed by atoms with E-state index in [1.54, 1.807) is 30.3 Å². The molecule has 1 N–H and O–H groups in total. The fourth-order valence-electron chi connectivity index (χ4n) is 2.42. The number of amides is 2. The number of hydrogen-bond donors (Lipinski definition) is 1. The number of nitrogens with zero attached hydrogens (tertiary/aromatic N) is 1. The molecule has 0 radical (unpaired) electrons. The summed E-state index contributed by atoms with van der Waals surface area (Å²) in [6.07, 6.45) is 4.28. The van der Waals surface area contributed by atoms with E-state index in [4.69, 9.17) is 8.83 Å². The van der Waals surface area contributed by atoms with Crippen LogP contribution in [0.4, 0.5) is 10.1 Å². The maximum absolute atomic E-state index is 13.6. The number of benzene rings is 1. The molecule has 2 amide bonds. The average molecular weight is 356 g/mol. The maximum atomic E-state index is 13.6. The maximum Gasteiger partial charge on any atom is 0.257 e. The minimum absolute atomic E-state index is 0.0125. The van der Waals surface area contributed by atoms with E-state index in [-0.39, 0.29) is 37.0 Å². The first kappa shape index (κ1) is 17.5. The highest BCUT2D eigenvalue weighted by molar-refractivity contribution is 5.95. The van der Waals surface area contributed by atoms with Gasteiger partial charge in [-0.1, -0.05) is 12.1 Å². The Morgan fingerprint density at radius 2 is 1.92 bits per heavy atom. The average Bonchev–Trinajstić information content (AvgIpc) is 3.34. The van der Waals surface area contributed by atoms with Gasteiger partial charge < -0.3 is 19.1 Å². The van der Waals surface area contributed by atoms with Crippen LogP contribution in [0.2, 0.25) is 0 Å². The third kappa shape index (κ3) is 4.38. The minimum atomic E-state index is -0.511. The Hall–Kier alpha value is -3.35. The van der Waals surface area contributed by atoms with Crippen molar-refractivity contribution in [2.45, 2.75) is 13.0 Å². The van der Waals surface area contributed by atoms with Crippen molar-refractivity contribution in [2.24, 2.45) is 0 Å². The van der Waals surface area contributed by atoms with Gasteiger partial charge >= 0.3 is 0 Å². The summed E-state index contributed by atoms with van der Waals surface area (Å²) in [6.45, 7) is 0.356. The topological polar surface area (TPSA) is 75.7 Å². The van der Waals surface area contributed by atoms with Crippen LogP contribution in [0.5, 0.6) is 0 Å². The van der Waals surface area contributed by atoms with E-state index < -0.39 is 5.82 Å². The first-order valence-corrected chi connectivity index (χ1v) is 8.02. The molecule has 134 valence electrons. The Kier molecular flexibility index (Phi) is 5.48. The molecule has 3 aromatic rings. The van der Waals surface area contributed by atoms with E-state index in [1.807, 2.05) is 0 Å². The van der Waals surface area contributed by atoms with Gasteiger partial charge in [0.25, 0.3) is 5.91 Å². The van der Waals surface area contributed by atoms with E-state index in [0.29, 0.717) is 11.3 Å². The zero-order valence-electron chi connectivity index (χ0n) is 13.9. The highest BCUT2D eigenvalue weighted by Crippen LogP contribution is 2.14. The van der Waals surface area contributed by atoms with Crippen molar-refractivity contribution < 1.29 is 22.8 Å². The molecule has 7 heteroatoms. The van der Waals surface area contributed by atoms with Crippen LogP contribution in [-0.4, -0.2) is 23.3 Å². The molecule has 3 rings (SSSR count). The van der Waals surface area contributed by atoms with Crippen LogP contribution in [0, 0.1) is 5.82 Å². The zero-order chi connectivity index (χ0) is 18.4. The van der Waals surface area contributed by atoms with Crippen molar-refractivity contribution in [1.82, 2.24) is 4.90 Å². The Bertz CT molecular complexity index is 860. The summed E-state index contributed by atoms with van der Waals surface area (Å²) in [5, 5.41) is 2.50. The van der Waals surface area contributed by atoms with Gasteiger partial charge in [0.1, 0.15) is 17.8 Å². The Labute approximate surface area is 149 Å². The molecule has 2 heterocycles. The normalized spacial score (nSPS) is 10.5. The van der Waals surface area contributed by atoms with Crippen LogP contribution in [0.25, 0.3) is 0 Å². The molecule has 1 aromatic carbocycles. The van der Waals surface area contributed by atoms with Crippen molar-refractivity contribution >= 4 is 17.5 Å². The quantitative estimate of drug-likeness (QED) is 0.701. The van der Waals surface area contributed by atoms with Crippen LogP contribution in [-0.2, 0) is 11.3 Å². The van der Waals surface area contributed by atoms with Gasteiger partial charge in [-0.2, -0.15) is 0 Å². The van der Waals surface area contributed by atoms with E-state index >= 15 is 0 Å². The smallest absolute Gasteiger partial charge is 0.257 e. The summed E-state index contributed by atoms with van der Waals surface area (Å²) in [6, 6.07) is 10.9. The van der Waals surface area contributed by atoms with Gasteiger partial charge in [-0.15, -0.1) is 0 Å². The SMILES string of the molecule is O=C(CCN(Cc1ccco1)C(=O)c1ccoc1)Nc1ccccc1F. The Balaban J connectivity index is 1.64. The lowest BCUT2D eigenvalue weighted by molar-refractivity contribution is -0.116. The monoisotopic (exact) mass is 356 g/mol. The molecule has 0 unspecified atom stereocenters. The van der Waals surface area contributed by atoms with Crippen LogP contribution in [0.15, 0.2) is 70.1 Å².